The Morgan fingerprint density at radius 1 is 1.30 bits per heavy atom. The monoisotopic (exact) mass is 276 g/mol. The van der Waals surface area contributed by atoms with Crippen LogP contribution in [0.4, 0.5) is 0 Å². The highest BCUT2D eigenvalue weighted by Crippen LogP contribution is 2.38. The highest BCUT2D eigenvalue weighted by Gasteiger charge is 2.25. The Morgan fingerprint density at radius 3 is 2.65 bits per heavy atom. The molecule has 0 spiro atoms. The van der Waals surface area contributed by atoms with Crippen LogP contribution in [0.25, 0.3) is 0 Å². The van der Waals surface area contributed by atoms with E-state index < -0.39 is 0 Å². The maximum atomic E-state index is 5.58. The van der Waals surface area contributed by atoms with Crippen LogP contribution in [0.2, 0.25) is 0 Å². The van der Waals surface area contributed by atoms with E-state index in [-0.39, 0.29) is 0 Å². The van der Waals surface area contributed by atoms with Gasteiger partial charge in [-0.25, -0.2) is 0 Å². The van der Waals surface area contributed by atoms with Crippen molar-refractivity contribution in [3.63, 3.8) is 0 Å². The van der Waals surface area contributed by atoms with Crippen molar-refractivity contribution in [2.24, 2.45) is 0 Å². The van der Waals surface area contributed by atoms with Crippen LogP contribution in [-0.2, 0) is 0 Å². The van der Waals surface area contributed by atoms with Crippen molar-refractivity contribution in [3.8, 4) is 11.5 Å². The van der Waals surface area contributed by atoms with E-state index in [0.29, 0.717) is 6.04 Å². The van der Waals surface area contributed by atoms with Gasteiger partial charge in [0.15, 0.2) is 11.5 Å². The lowest BCUT2D eigenvalue weighted by atomic mass is 9.99. The summed E-state index contributed by atoms with van der Waals surface area (Å²) in [6, 6.07) is 6.37. The summed E-state index contributed by atoms with van der Waals surface area (Å²) in [7, 11) is 3.37. The Morgan fingerprint density at radius 2 is 2.05 bits per heavy atom. The van der Waals surface area contributed by atoms with Crippen LogP contribution in [0.1, 0.15) is 18.0 Å². The first-order valence-corrected chi connectivity index (χ1v) is 7.08. The van der Waals surface area contributed by atoms with E-state index in [1.54, 1.807) is 14.2 Å². The SMILES string of the molecule is C=CC[C@@H](c1cccc(OC)c1OC)N1CCNCC1. The molecule has 1 heterocycles. The molecule has 1 atom stereocenters. The molecule has 0 aliphatic carbocycles. The van der Waals surface area contributed by atoms with E-state index in [2.05, 4.69) is 22.9 Å². The minimum absolute atomic E-state index is 0.291. The maximum Gasteiger partial charge on any atom is 0.165 e. The molecule has 0 aromatic heterocycles. The quantitative estimate of drug-likeness (QED) is 0.808. The average molecular weight is 276 g/mol. The summed E-state index contributed by atoms with van der Waals surface area (Å²) < 4.78 is 11.0. The molecule has 0 unspecified atom stereocenters. The third-order valence-corrected chi connectivity index (χ3v) is 3.77. The second-order valence-electron chi connectivity index (χ2n) is 4.91. The van der Waals surface area contributed by atoms with Crippen molar-refractivity contribution < 1.29 is 9.47 Å². The lowest BCUT2D eigenvalue weighted by Crippen LogP contribution is -2.45. The molecule has 1 saturated heterocycles. The van der Waals surface area contributed by atoms with Crippen LogP contribution in [-0.4, -0.2) is 45.3 Å². The predicted octanol–water partition coefficient (Wildman–Crippen LogP) is 2.23. The smallest absolute Gasteiger partial charge is 0.165 e. The van der Waals surface area contributed by atoms with Gasteiger partial charge in [-0.1, -0.05) is 18.2 Å². The summed E-state index contributed by atoms with van der Waals surface area (Å²) >= 11 is 0. The van der Waals surface area contributed by atoms with Crippen molar-refractivity contribution in [1.82, 2.24) is 10.2 Å². The molecular weight excluding hydrogens is 252 g/mol. The van der Waals surface area contributed by atoms with Gasteiger partial charge in [0.05, 0.1) is 14.2 Å². The molecule has 1 aliphatic rings. The van der Waals surface area contributed by atoms with Crippen molar-refractivity contribution in [3.05, 3.63) is 36.4 Å². The van der Waals surface area contributed by atoms with Crippen LogP contribution in [0.15, 0.2) is 30.9 Å². The third-order valence-electron chi connectivity index (χ3n) is 3.77. The zero-order valence-corrected chi connectivity index (χ0v) is 12.4. The van der Waals surface area contributed by atoms with E-state index in [9.17, 15) is 0 Å². The summed E-state index contributed by atoms with van der Waals surface area (Å²) in [5.74, 6) is 1.62. The number of benzene rings is 1. The molecule has 0 saturated carbocycles. The molecular formula is C16H24N2O2. The zero-order valence-electron chi connectivity index (χ0n) is 12.4. The Bertz CT molecular complexity index is 442. The van der Waals surface area contributed by atoms with Gasteiger partial charge in [0.1, 0.15) is 0 Å². The van der Waals surface area contributed by atoms with E-state index in [1.807, 2.05) is 18.2 Å². The summed E-state index contributed by atoms with van der Waals surface area (Å²) in [5, 5.41) is 3.39. The topological polar surface area (TPSA) is 33.7 Å². The molecule has 0 amide bonds. The molecule has 2 rings (SSSR count). The van der Waals surface area contributed by atoms with Crippen molar-refractivity contribution in [1.29, 1.82) is 0 Å². The molecule has 1 aliphatic heterocycles. The number of nitrogens with one attached hydrogen (secondary N) is 1. The Hall–Kier alpha value is -1.52. The molecule has 0 radical (unpaired) electrons. The lowest BCUT2D eigenvalue weighted by molar-refractivity contribution is 0.171. The van der Waals surface area contributed by atoms with Gasteiger partial charge in [0, 0.05) is 37.8 Å². The minimum Gasteiger partial charge on any atom is -0.493 e. The zero-order chi connectivity index (χ0) is 14.4. The second kappa shape index (κ2) is 7.31. The van der Waals surface area contributed by atoms with Crippen molar-refractivity contribution >= 4 is 0 Å². The van der Waals surface area contributed by atoms with Gasteiger partial charge in [0.25, 0.3) is 0 Å². The number of methoxy groups -OCH3 is 2. The average Bonchev–Trinajstić information content (AvgIpc) is 2.52. The summed E-state index contributed by atoms with van der Waals surface area (Å²) in [6.07, 6.45) is 2.88. The standard InChI is InChI=1S/C16H24N2O2/c1-4-6-14(18-11-9-17-10-12-18)13-7-5-8-15(19-2)16(13)20-3/h4-5,7-8,14,17H,1,6,9-12H2,2-3H3/t14-/m0/s1. The first kappa shape index (κ1) is 14.9. The van der Waals surface area contributed by atoms with Gasteiger partial charge in [0.2, 0.25) is 0 Å². The molecule has 4 nitrogen and oxygen atoms in total. The van der Waals surface area contributed by atoms with E-state index in [4.69, 9.17) is 9.47 Å². The van der Waals surface area contributed by atoms with Gasteiger partial charge >= 0.3 is 0 Å². The normalized spacial score (nSPS) is 17.5. The number of rotatable bonds is 6. The van der Waals surface area contributed by atoms with Gasteiger partial charge in [-0.15, -0.1) is 6.58 Å². The van der Waals surface area contributed by atoms with Crippen LogP contribution < -0.4 is 14.8 Å². The second-order valence-corrected chi connectivity index (χ2v) is 4.91. The fourth-order valence-corrected chi connectivity index (χ4v) is 2.80. The maximum absolute atomic E-state index is 5.58. The number of hydrogen-bond donors (Lipinski definition) is 1. The highest BCUT2D eigenvalue weighted by molar-refractivity contribution is 5.48. The summed E-state index contributed by atoms with van der Waals surface area (Å²) in [4.78, 5) is 2.48. The largest absolute Gasteiger partial charge is 0.493 e. The number of nitrogens with zero attached hydrogens (tertiary/aromatic N) is 1. The molecule has 1 aromatic carbocycles. The van der Waals surface area contributed by atoms with E-state index >= 15 is 0 Å². The van der Waals surface area contributed by atoms with Gasteiger partial charge < -0.3 is 14.8 Å². The van der Waals surface area contributed by atoms with Crippen LogP contribution in [0, 0.1) is 0 Å². The summed E-state index contributed by atoms with van der Waals surface area (Å²) in [6.45, 7) is 8.04. The fraction of sp³-hybridized carbons (Fsp3) is 0.500. The first-order valence-electron chi connectivity index (χ1n) is 7.08. The lowest BCUT2D eigenvalue weighted by Gasteiger charge is -2.35. The Balaban J connectivity index is 2.34. The van der Waals surface area contributed by atoms with Gasteiger partial charge in [-0.2, -0.15) is 0 Å². The van der Waals surface area contributed by atoms with Gasteiger partial charge in [-0.05, 0) is 12.5 Å². The van der Waals surface area contributed by atoms with Crippen LogP contribution in [0.5, 0.6) is 11.5 Å². The Labute approximate surface area is 121 Å². The fourth-order valence-electron chi connectivity index (χ4n) is 2.80. The van der Waals surface area contributed by atoms with E-state index in [0.717, 1.165) is 44.1 Å². The van der Waals surface area contributed by atoms with Crippen molar-refractivity contribution in [2.75, 3.05) is 40.4 Å². The molecule has 1 aromatic rings. The Kier molecular flexibility index (Phi) is 5.44. The number of piperazine rings is 1. The summed E-state index contributed by atoms with van der Waals surface area (Å²) in [5.41, 5.74) is 1.17. The minimum atomic E-state index is 0.291. The number of para-hydroxylation sites is 1. The van der Waals surface area contributed by atoms with E-state index in [1.165, 1.54) is 5.56 Å². The first-order chi connectivity index (χ1) is 9.81. The third kappa shape index (κ3) is 3.14. The van der Waals surface area contributed by atoms with Crippen molar-refractivity contribution in [2.45, 2.75) is 12.5 Å². The molecule has 1 N–H and O–H groups in total. The highest BCUT2D eigenvalue weighted by atomic mass is 16.5. The molecule has 1 fully saturated rings. The number of ether oxygens (including phenoxy) is 2. The number of hydrogen-bond acceptors (Lipinski definition) is 4. The molecule has 0 bridgehead atoms. The van der Waals surface area contributed by atoms with Crippen LogP contribution in [0.3, 0.4) is 0 Å². The predicted molar refractivity (Wildman–Crippen MR) is 81.5 cm³/mol. The van der Waals surface area contributed by atoms with Crippen LogP contribution >= 0.6 is 0 Å². The molecule has 4 heteroatoms. The van der Waals surface area contributed by atoms with Gasteiger partial charge in [-0.3, -0.25) is 4.90 Å². The molecule has 110 valence electrons. The molecule has 20 heavy (non-hydrogen) atoms.